The number of carbonyl (C=O) groups is 2. The quantitative estimate of drug-likeness (QED) is 0.796. The third-order valence-electron chi connectivity index (χ3n) is 3.06. The third kappa shape index (κ3) is 5.37. The van der Waals surface area contributed by atoms with Gasteiger partial charge in [0.2, 0.25) is 5.91 Å². The molecule has 0 bridgehead atoms. The monoisotopic (exact) mass is 336 g/mol. The molecule has 1 aromatic heterocycles. The van der Waals surface area contributed by atoms with E-state index in [1.165, 1.54) is 25.1 Å². The van der Waals surface area contributed by atoms with E-state index in [1.54, 1.807) is 17.4 Å². The Morgan fingerprint density at radius 1 is 1.26 bits per heavy atom. The number of ether oxygens (including phenoxy) is 1. The molecule has 0 saturated carbocycles. The maximum Gasteiger partial charge on any atom is 0.279 e. The van der Waals surface area contributed by atoms with Crippen molar-refractivity contribution in [1.29, 1.82) is 0 Å². The van der Waals surface area contributed by atoms with Crippen LogP contribution >= 0.6 is 11.3 Å². The summed E-state index contributed by atoms with van der Waals surface area (Å²) in [6.07, 6.45) is -0.0736. The fourth-order valence-corrected chi connectivity index (χ4v) is 2.48. The molecule has 5 nitrogen and oxygen atoms in total. The van der Waals surface area contributed by atoms with Gasteiger partial charge in [-0.05, 0) is 47.9 Å². The molecule has 2 rings (SSSR count). The first-order valence-corrected chi connectivity index (χ1v) is 8.01. The molecule has 0 aliphatic carbocycles. The van der Waals surface area contributed by atoms with Gasteiger partial charge in [0, 0.05) is 6.42 Å². The van der Waals surface area contributed by atoms with Crippen LogP contribution in [0.25, 0.3) is 0 Å². The Morgan fingerprint density at radius 2 is 2.04 bits per heavy atom. The molecule has 1 atom stereocenters. The van der Waals surface area contributed by atoms with Crippen molar-refractivity contribution in [2.45, 2.75) is 25.9 Å². The highest BCUT2D eigenvalue weighted by atomic mass is 32.1. The first-order chi connectivity index (χ1) is 11.1. The van der Waals surface area contributed by atoms with Crippen molar-refractivity contribution in [1.82, 2.24) is 10.9 Å². The smallest absolute Gasteiger partial charge is 0.279 e. The predicted octanol–water partition coefficient (Wildman–Crippen LogP) is 2.43. The number of para-hydroxylation sites is 1. The maximum atomic E-state index is 13.4. The molecule has 1 aromatic carbocycles. The Bertz CT molecular complexity index is 661. The van der Waals surface area contributed by atoms with E-state index in [4.69, 9.17) is 4.74 Å². The topological polar surface area (TPSA) is 67.4 Å². The Kier molecular flexibility index (Phi) is 6.10. The van der Waals surface area contributed by atoms with Gasteiger partial charge in [0.1, 0.15) is 0 Å². The van der Waals surface area contributed by atoms with Gasteiger partial charge in [-0.15, -0.1) is 0 Å². The lowest BCUT2D eigenvalue weighted by molar-refractivity contribution is -0.132. The van der Waals surface area contributed by atoms with Crippen LogP contribution in [0.15, 0.2) is 41.1 Å². The normalized spacial score (nSPS) is 11.6. The molecule has 0 aliphatic rings. The lowest BCUT2D eigenvalue weighted by Crippen LogP contribution is -2.47. The number of hydrogen-bond donors (Lipinski definition) is 2. The first-order valence-electron chi connectivity index (χ1n) is 7.07. The minimum Gasteiger partial charge on any atom is -0.478 e. The minimum atomic E-state index is -0.941. The van der Waals surface area contributed by atoms with Crippen molar-refractivity contribution in [3.05, 3.63) is 52.5 Å². The van der Waals surface area contributed by atoms with Gasteiger partial charge in [-0.1, -0.05) is 12.1 Å². The van der Waals surface area contributed by atoms with Crippen LogP contribution in [0, 0.1) is 5.82 Å². The molecule has 122 valence electrons. The van der Waals surface area contributed by atoms with Crippen LogP contribution in [-0.4, -0.2) is 17.9 Å². The van der Waals surface area contributed by atoms with Gasteiger partial charge >= 0.3 is 0 Å². The molecule has 2 amide bonds. The summed E-state index contributed by atoms with van der Waals surface area (Å²) < 4.78 is 18.7. The fourth-order valence-electron chi connectivity index (χ4n) is 1.77. The van der Waals surface area contributed by atoms with E-state index in [0.29, 0.717) is 6.42 Å². The van der Waals surface area contributed by atoms with E-state index in [-0.39, 0.29) is 18.1 Å². The van der Waals surface area contributed by atoms with Crippen LogP contribution < -0.4 is 15.6 Å². The average Bonchev–Trinajstić information content (AvgIpc) is 3.06. The second-order valence-electron chi connectivity index (χ2n) is 4.86. The zero-order valence-electron chi connectivity index (χ0n) is 12.5. The Labute approximate surface area is 137 Å². The van der Waals surface area contributed by atoms with E-state index in [2.05, 4.69) is 10.9 Å². The number of amides is 2. The minimum absolute atomic E-state index is 0.0149. The molecule has 0 radical (unpaired) electrons. The summed E-state index contributed by atoms with van der Waals surface area (Å²) in [6, 6.07) is 7.75. The lowest BCUT2D eigenvalue weighted by atomic mass is 10.2. The standard InChI is InChI=1S/C16H17FN2O3S/c1-11(22-14-5-3-2-4-13(14)17)16(21)19-18-15(20)7-6-12-8-9-23-10-12/h2-5,8-11H,6-7H2,1H3,(H,18,20)(H,19,21). The highest BCUT2D eigenvalue weighted by Gasteiger charge is 2.16. The lowest BCUT2D eigenvalue weighted by Gasteiger charge is -2.15. The van der Waals surface area contributed by atoms with Gasteiger partial charge in [-0.3, -0.25) is 20.4 Å². The predicted molar refractivity (Wildman–Crippen MR) is 85.4 cm³/mol. The SMILES string of the molecule is CC(Oc1ccccc1F)C(=O)NNC(=O)CCc1ccsc1. The van der Waals surface area contributed by atoms with E-state index < -0.39 is 17.8 Å². The van der Waals surface area contributed by atoms with Crippen LogP contribution in [0.5, 0.6) is 5.75 Å². The van der Waals surface area contributed by atoms with E-state index in [0.717, 1.165) is 5.56 Å². The number of aryl methyl sites for hydroxylation is 1. The van der Waals surface area contributed by atoms with Crippen LogP contribution in [0.4, 0.5) is 4.39 Å². The van der Waals surface area contributed by atoms with Crippen molar-refractivity contribution in [3.63, 3.8) is 0 Å². The summed E-state index contributed by atoms with van der Waals surface area (Å²) >= 11 is 1.57. The first kappa shape index (κ1) is 17.0. The van der Waals surface area contributed by atoms with Gasteiger partial charge in [0.25, 0.3) is 5.91 Å². The number of halogens is 1. The van der Waals surface area contributed by atoms with Crippen molar-refractivity contribution in [3.8, 4) is 5.75 Å². The summed E-state index contributed by atoms with van der Waals surface area (Å²) in [6.45, 7) is 1.47. The third-order valence-corrected chi connectivity index (χ3v) is 3.79. The molecule has 23 heavy (non-hydrogen) atoms. The molecule has 1 unspecified atom stereocenters. The van der Waals surface area contributed by atoms with Crippen LogP contribution in [0.1, 0.15) is 18.9 Å². The number of hydrogen-bond acceptors (Lipinski definition) is 4. The molecular formula is C16H17FN2O3S. The van der Waals surface area contributed by atoms with Crippen molar-refractivity contribution >= 4 is 23.2 Å². The van der Waals surface area contributed by atoms with Gasteiger partial charge < -0.3 is 4.74 Å². The maximum absolute atomic E-state index is 13.4. The second-order valence-corrected chi connectivity index (χ2v) is 5.64. The molecule has 1 heterocycles. The van der Waals surface area contributed by atoms with Crippen molar-refractivity contribution in [2.24, 2.45) is 0 Å². The molecule has 0 fully saturated rings. The van der Waals surface area contributed by atoms with Crippen molar-refractivity contribution in [2.75, 3.05) is 0 Å². The van der Waals surface area contributed by atoms with Gasteiger partial charge in [-0.25, -0.2) is 4.39 Å². The summed E-state index contributed by atoms with van der Waals surface area (Å²) in [5, 5.41) is 3.91. The number of benzene rings is 1. The largest absolute Gasteiger partial charge is 0.478 e. The Hall–Kier alpha value is -2.41. The molecule has 2 aromatic rings. The molecular weight excluding hydrogens is 319 g/mol. The molecule has 0 aliphatic heterocycles. The zero-order valence-corrected chi connectivity index (χ0v) is 13.4. The molecule has 2 N–H and O–H groups in total. The zero-order chi connectivity index (χ0) is 16.7. The molecule has 0 saturated heterocycles. The van der Waals surface area contributed by atoms with Gasteiger partial charge in [0.05, 0.1) is 0 Å². The molecule has 7 heteroatoms. The van der Waals surface area contributed by atoms with E-state index in [9.17, 15) is 14.0 Å². The molecule has 0 spiro atoms. The summed E-state index contributed by atoms with van der Waals surface area (Å²) in [7, 11) is 0. The summed E-state index contributed by atoms with van der Waals surface area (Å²) in [4.78, 5) is 23.5. The summed E-state index contributed by atoms with van der Waals surface area (Å²) in [5.74, 6) is -1.43. The van der Waals surface area contributed by atoms with Gasteiger partial charge in [-0.2, -0.15) is 11.3 Å². The number of hydrazine groups is 1. The number of rotatable bonds is 6. The van der Waals surface area contributed by atoms with Crippen molar-refractivity contribution < 1.29 is 18.7 Å². The number of nitrogens with one attached hydrogen (secondary N) is 2. The highest BCUT2D eigenvalue weighted by Crippen LogP contribution is 2.16. The number of thiophene rings is 1. The van der Waals surface area contributed by atoms with Crippen LogP contribution in [0.3, 0.4) is 0 Å². The van der Waals surface area contributed by atoms with E-state index >= 15 is 0 Å². The van der Waals surface area contributed by atoms with Crippen LogP contribution in [0.2, 0.25) is 0 Å². The fraction of sp³-hybridized carbons (Fsp3) is 0.250. The highest BCUT2D eigenvalue weighted by molar-refractivity contribution is 7.07. The second kappa shape index (κ2) is 8.28. The average molecular weight is 336 g/mol. The summed E-state index contributed by atoms with van der Waals surface area (Å²) in [5.41, 5.74) is 5.66. The van der Waals surface area contributed by atoms with Gasteiger partial charge in [0.15, 0.2) is 17.7 Å². The van der Waals surface area contributed by atoms with Crippen LogP contribution in [-0.2, 0) is 16.0 Å². The van der Waals surface area contributed by atoms with E-state index in [1.807, 2.05) is 16.8 Å². The Balaban J connectivity index is 1.73. The Morgan fingerprint density at radius 3 is 2.74 bits per heavy atom. The number of carbonyl (C=O) groups excluding carboxylic acids is 2.